The van der Waals surface area contributed by atoms with Gasteiger partial charge in [0.2, 0.25) is 11.8 Å². The quantitative estimate of drug-likeness (QED) is 0.0696. The molecular formula is C47H62N10O8. The van der Waals surface area contributed by atoms with E-state index in [1.807, 2.05) is 25.1 Å². The number of carbonyl (C=O) groups is 4. The first kappa shape index (κ1) is 46.7. The van der Waals surface area contributed by atoms with E-state index in [0.717, 1.165) is 44.7 Å². The predicted molar refractivity (Wildman–Crippen MR) is 243 cm³/mol. The van der Waals surface area contributed by atoms with Crippen LogP contribution in [0, 0.1) is 17.8 Å². The Morgan fingerprint density at radius 2 is 1.20 bits per heavy atom. The number of hydrogen-bond acceptors (Lipinski definition) is 11. The minimum atomic E-state index is -0.756. The van der Waals surface area contributed by atoms with E-state index >= 15 is 0 Å². The molecule has 7 rings (SSSR count). The zero-order valence-electron chi connectivity index (χ0n) is 38.3. The molecule has 2 aliphatic heterocycles. The van der Waals surface area contributed by atoms with Gasteiger partial charge in [0.15, 0.2) is 0 Å². The van der Waals surface area contributed by atoms with Crippen molar-refractivity contribution in [2.75, 3.05) is 54.7 Å². The molecule has 0 saturated carbocycles. The van der Waals surface area contributed by atoms with Crippen molar-refractivity contribution in [2.45, 2.75) is 83.5 Å². The summed E-state index contributed by atoms with van der Waals surface area (Å²) in [7, 11) is 6.09. The summed E-state index contributed by atoms with van der Waals surface area (Å²) in [5.74, 6) is 0.959. The summed E-state index contributed by atoms with van der Waals surface area (Å²) in [4.78, 5) is 80.7. The average molecular weight is 895 g/mol. The Balaban J connectivity index is 1.08. The molecule has 18 heteroatoms. The number of rotatable bonds is 16. The second-order valence-corrected chi connectivity index (χ2v) is 17.3. The van der Waals surface area contributed by atoms with Gasteiger partial charge in [0, 0.05) is 51.6 Å². The second kappa shape index (κ2) is 21.1. The standard InChI is InChI=1S/C47H62N10O8/c1-8-36(56(4)44(58)38(54-46(60)62-6)30-15-19-64-20-16-30)42-49-25-35(53-42)33-14-13-32(40-41(33)51-26-50-40)28-9-11-29(12-10-28)34-24-48-43(52-34)37(23-27(2)3)57(5)45(59)39(55-47(61)63-7)31-17-21-65-22-18-31/h9-14,24-27,30-31,36-39H,8,15-23H2,1-7H3,(H,48,52)(H,49,53)(H,50,51)(H,54,60)(H,55,61)/t36-,37-,38-,39-/m0/s1. The predicted octanol–water partition coefficient (Wildman–Crippen LogP) is 6.77. The third-order valence-electron chi connectivity index (χ3n) is 12.8. The fourth-order valence-electron chi connectivity index (χ4n) is 9.14. The highest BCUT2D eigenvalue weighted by atomic mass is 16.5. The van der Waals surface area contributed by atoms with Crippen LogP contribution in [0.4, 0.5) is 9.59 Å². The lowest BCUT2D eigenvalue weighted by molar-refractivity contribution is -0.137. The second-order valence-electron chi connectivity index (χ2n) is 17.3. The van der Waals surface area contributed by atoms with Crippen LogP contribution in [0.15, 0.2) is 55.1 Å². The van der Waals surface area contributed by atoms with E-state index in [1.165, 1.54) is 14.2 Å². The van der Waals surface area contributed by atoms with Crippen LogP contribution < -0.4 is 10.6 Å². The van der Waals surface area contributed by atoms with Gasteiger partial charge in [-0.3, -0.25) is 9.59 Å². The first-order valence-electron chi connectivity index (χ1n) is 22.5. The van der Waals surface area contributed by atoms with Crippen LogP contribution in [-0.4, -0.2) is 131 Å². The molecule has 5 heterocycles. The highest BCUT2D eigenvalue weighted by molar-refractivity contribution is 6.00. The lowest BCUT2D eigenvalue weighted by Crippen LogP contribution is -2.53. The Morgan fingerprint density at radius 3 is 1.74 bits per heavy atom. The third-order valence-corrected chi connectivity index (χ3v) is 12.8. The zero-order chi connectivity index (χ0) is 46.2. The number of benzene rings is 2. The maximum absolute atomic E-state index is 14.1. The molecule has 0 aliphatic carbocycles. The molecule has 5 N–H and O–H groups in total. The van der Waals surface area contributed by atoms with E-state index in [2.05, 4.69) is 57.6 Å². The molecule has 5 aromatic rings. The van der Waals surface area contributed by atoms with Crippen LogP contribution >= 0.6 is 0 Å². The summed E-state index contributed by atoms with van der Waals surface area (Å²) in [6.45, 7) is 8.33. The minimum absolute atomic E-state index is 0.0778. The van der Waals surface area contributed by atoms with Gasteiger partial charge in [-0.15, -0.1) is 0 Å². The number of nitrogens with zero attached hydrogens (tertiary/aromatic N) is 5. The highest BCUT2D eigenvalue weighted by Gasteiger charge is 2.38. The molecule has 4 atom stereocenters. The number of amides is 4. The fraction of sp³-hybridized carbons (Fsp3) is 0.511. The largest absolute Gasteiger partial charge is 0.453 e. The number of nitrogens with one attached hydrogen (secondary N) is 5. The van der Waals surface area contributed by atoms with Crippen molar-refractivity contribution >= 4 is 35.0 Å². The van der Waals surface area contributed by atoms with Crippen molar-refractivity contribution in [3.05, 3.63) is 66.8 Å². The van der Waals surface area contributed by atoms with Crippen LogP contribution in [0.5, 0.6) is 0 Å². The Kier molecular flexibility index (Phi) is 15.2. The highest BCUT2D eigenvalue weighted by Crippen LogP contribution is 2.36. The lowest BCUT2D eigenvalue weighted by atomic mass is 9.90. The van der Waals surface area contributed by atoms with Crippen molar-refractivity contribution in [3.8, 4) is 33.6 Å². The molecule has 3 aromatic heterocycles. The number of H-pyrrole nitrogens is 3. The van der Waals surface area contributed by atoms with Gasteiger partial charge in [-0.2, -0.15) is 0 Å². The molecule has 348 valence electrons. The van der Waals surface area contributed by atoms with E-state index in [0.29, 0.717) is 76.6 Å². The summed E-state index contributed by atoms with van der Waals surface area (Å²) in [6, 6.07) is 9.99. The Morgan fingerprint density at radius 1 is 0.708 bits per heavy atom. The summed E-state index contributed by atoms with van der Waals surface area (Å²) < 4.78 is 20.8. The van der Waals surface area contributed by atoms with Gasteiger partial charge in [0.25, 0.3) is 0 Å². The van der Waals surface area contributed by atoms with Gasteiger partial charge in [-0.25, -0.2) is 24.5 Å². The maximum atomic E-state index is 14.1. The van der Waals surface area contributed by atoms with Crippen LogP contribution in [0.2, 0.25) is 0 Å². The van der Waals surface area contributed by atoms with Crippen LogP contribution in [0.25, 0.3) is 44.7 Å². The van der Waals surface area contributed by atoms with Gasteiger partial charge in [0.05, 0.1) is 67.4 Å². The molecular weight excluding hydrogens is 833 g/mol. The molecule has 4 amide bonds. The van der Waals surface area contributed by atoms with Gasteiger partial charge < -0.3 is 54.3 Å². The van der Waals surface area contributed by atoms with E-state index in [4.69, 9.17) is 33.9 Å². The summed E-state index contributed by atoms with van der Waals surface area (Å²) in [6.07, 6.45) is 7.81. The van der Waals surface area contributed by atoms with E-state index in [1.54, 1.807) is 42.6 Å². The number of methoxy groups -OCH3 is 2. The number of likely N-dealkylation sites (N-methyl/N-ethyl adjacent to an activating group) is 2. The van der Waals surface area contributed by atoms with Crippen molar-refractivity contribution < 1.29 is 38.1 Å². The molecule has 0 bridgehead atoms. The Labute approximate surface area is 378 Å². The van der Waals surface area contributed by atoms with Crippen molar-refractivity contribution in [2.24, 2.45) is 17.8 Å². The minimum Gasteiger partial charge on any atom is -0.453 e. The van der Waals surface area contributed by atoms with Crippen LogP contribution in [0.3, 0.4) is 0 Å². The van der Waals surface area contributed by atoms with Crippen LogP contribution in [-0.2, 0) is 28.5 Å². The van der Waals surface area contributed by atoms with E-state index in [9.17, 15) is 19.2 Å². The molecule has 2 aliphatic rings. The zero-order valence-corrected chi connectivity index (χ0v) is 38.3. The molecule has 0 radical (unpaired) electrons. The summed E-state index contributed by atoms with van der Waals surface area (Å²) in [5, 5.41) is 5.58. The number of ether oxygens (including phenoxy) is 4. The normalized spacial score (nSPS) is 16.7. The lowest BCUT2D eigenvalue weighted by Gasteiger charge is -2.35. The molecule has 18 nitrogen and oxygen atoms in total. The van der Waals surface area contributed by atoms with Gasteiger partial charge in [-0.1, -0.05) is 51.1 Å². The van der Waals surface area contributed by atoms with Crippen molar-refractivity contribution in [3.63, 3.8) is 0 Å². The van der Waals surface area contributed by atoms with Gasteiger partial charge in [0.1, 0.15) is 23.7 Å². The average Bonchev–Trinajstić information content (AvgIpc) is 4.14. The van der Waals surface area contributed by atoms with Crippen molar-refractivity contribution in [1.29, 1.82) is 0 Å². The molecule has 2 fully saturated rings. The van der Waals surface area contributed by atoms with E-state index < -0.39 is 24.3 Å². The molecule has 2 saturated heterocycles. The SMILES string of the molecule is CC[C@@H](c1ncc(-c2ccc(-c3ccc(-c4cnc([C@H](CC(C)C)N(C)C(=O)[C@@H](NC(=O)OC)C5CCOCC5)[nH]4)cc3)c3[nH]cnc23)[nH]1)N(C)C(=O)[C@@H](NC(=O)OC)C1CCOCC1. The number of fused-ring (bicyclic) bond motifs is 1. The van der Waals surface area contributed by atoms with Gasteiger partial charge in [-0.05, 0) is 73.5 Å². The third kappa shape index (κ3) is 10.5. The smallest absolute Gasteiger partial charge is 0.407 e. The maximum Gasteiger partial charge on any atom is 0.407 e. The van der Waals surface area contributed by atoms with E-state index in [-0.39, 0.29) is 41.7 Å². The van der Waals surface area contributed by atoms with Crippen LogP contribution in [0.1, 0.15) is 83.0 Å². The Bertz CT molecular complexity index is 2400. The number of alkyl carbamates (subject to hydrolysis) is 2. The Hall–Kier alpha value is -6.27. The molecule has 2 aromatic carbocycles. The van der Waals surface area contributed by atoms with Crippen molar-refractivity contribution in [1.82, 2.24) is 50.3 Å². The van der Waals surface area contributed by atoms with Gasteiger partial charge >= 0.3 is 12.2 Å². The number of aromatic amines is 3. The first-order chi connectivity index (χ1) is 31.4. The molecule has 0 unspecified atom stereocenters. The number of carbonyl (C=O) groups excluding carboxylic acids is 4. The topological polar surface area (TPSA) is 222 Å². The fourth-order valence-corrected chi connectivity index (χ4v) is 9.14. The molecule has 65 heavy (non-hydrogen) atoms. The monoisotopic (exact) mass is 894 g/mol. The number of hydrogen-bond donors (Lipinski definition) is 5. The first-order valence-corrected chi connectivity index (χ1v) is 22.5. The summed E-state index contributed by atoms with van der Waals surface area (Å²) >= 11 is 0. The summed E-state index contributed by atoms with van der Waals surface area (Å²) in [5.41, 5.74) is 6.89. The number of imidazole rings is 3. The number of aromatic nitrogens is 6. The molecule has 0 spiro atoms.